The number of fused-ring (bicyclic) bond motifs is 1. The molecule has 0 aromatic carbocycles. The number of anilines is 1. The Balaban J connectivity index is 1.05. The fraction of sp³-hybridized carbons (Fsp3) is 0.556. The molecule has 1 saturated carbocycles. The van der Waals surface area contributed by atoms with E-state index in [9.17, 15) is 48.9 Å². The molecule has 278 valence electrons. The van der Waals surface area contributed by atoms with Crippen LogP contribution in [0.3, 0.4) is 0 Å². The van der Waals surface area contributed by atoms with Crippen molar-refractivity contribution in [3.8, 4) is 0 Å². The topological polar surface area (TPSA) is 335 Å². The van der Waals surface area contributed by atoms with Crippen LogP contribution in [0.15, 0.2) is 31.1 Å². The number of nitrogens with two attached hydrogens (primary N) is 2. The third-order valence-corrected chi connectivity index (χ3v) is 11.5. The summed E-state index contributed by atoms with van der Waals surface area (Å²) in [5, 5.41) is 42.3. The largest absolute Gasteiger partial charge is 0.481 e. The van der Waals surface area contributed by atoms with Crippen LogP contribution in [0.1, 0.15) is 60.0 Å². The lowest BCUT2D eigenvalue weighted by molar-refractivity contribution is -0.765. The van der Waals surface area contributed by atoms with Crippen molar-refractivity contribution in [3.63, 3.8) is 0 Å². The fourth-order valence-corrected chi connectivity index (χ4v) is 8.37. The van der Waals surface area contributed by atoms with Crippen LogP contribution in [0.5, 0.6) is 0 Å². The highest BCUT2D eigenvalue weighted by Crippen LogP contribution is 2.60. The number of carbonyl (C=O) groups excluding carboxylic acids is 2. The zero-order valence-electron chi connectivity index (χ0n) is 26.5. The number of aliphatic hydroxyl groups excluding tert-OH is 4. The van der Waals surface area contributed by atoms with Gasteiger partial charge in [-0.25, -0.2) is 24.1 Å². The number of carbonyl (C=O) groups is 2. The van der Waals surface area contributed by atoms with Gasteiger partial charge in [0.15, 0.2) is 36.2 Å². The summed E-state index contributed by atoms with van der Waals surface area (Å²) in [7, 11) is -10.8. The monoisotopic (exact) mass is 760 g/mol. The van der Waals surface area contributed by atoms with Crippen molar-refractivity contribution in [1.29, 1.82) is 0 Å². The van der Waals surface area contributed by atoms with Gasteiger partial charge >= 0.3 is 15.6 Å². The number of primary amides is 1. The first kappa shape index (κ1) is 37.4. The zero-order valence-corrected chi connectivity index (χ0v) is 28.3. The highest BCUT2D eigenvalue weighted by molar-refractivity contribution is 7.61. The Hall–Kier alpha value is -3.34. The fourth-order valence-electron chi connectivity index (χ4n) is 6.28. The first-order valence-electron chi connectivity index (χ1n) is 15.6. The van der Waals surface area contributed by atoms with Gasteiger partial charge in [0.25, 0.3) is 12.1 Å². The van der Waals surface area contributed by atoms with Crippen LogP contribution in [-0.4, -0.2) is 111 Å². The molecule has 2 saturated heterocycles. The average molecular weight is 761 g/mol. The van der Waals surface area contributed by atoms with Gasteiger partial charge in [0.2, 0.25) is 0 Å². The summed E-state index contributed by atoms with van der Waals surface area (Å²) in [4.78, 5) is 57.0. The first-order valence-corrected chi connectivity index (χ1v) is 18.6. The molecule has 24 heteroatoms. The number of nitrogen functional groups attached to an aromatic ring is 1. The van der Waals surface area contributed by atoms with E-state index < -0.39 is 89.8 Å². The van der Waals surface area contributed by atoms with E-state index in [0.29, 0.717) is 18.4 Å². The number of ketones is 1. The number of ether oxygens (including phenoxy) is 2. The van der Waals surface area contributed by atoms with Gasteiger partial charge in [0.1, 0.15) is 53.7 Å². The number of nitrogens with zero attached hydrogens (tertiary/aromatic N) is 5. The molecule has 3 aromatic rings. The third kappa shape index (κ3) is 7.74. The minimum absolute atomic E-state index is 0.00483. The average Bonchev–Trinajstić information content (AvgIpc) is 3.72. The van der Waals surface area contributed by atoms with E-state index in [1.54, 1.807) is 0 Å². The molecule has 1 aliphatic carbocycles. The lowest BCUT2D eigenvalue weighted by atomic mass is 9.81. The van der Waals surface area contributed by atoms with Gasteiger partial charge in [0.05, 0.1) is 19.5 Å². The molecule has 0 spiro atoms. The van der Waals surface area contributed by atoms with Gasteiger partial charge < -0.3 is 51.2 Å². The number of phosphoric acid groups is 2. The van der Waals surface area contributed by atoms with E-state index in [-0.39, 0.29) is 28.3 Å². The number of aromatic nitrogens is 5. The van der Waals surface area contributed by atoms with Crippen molar-refractivity contribution in [3.05, 3.63) is 42.2 Å². The first-order chi connectivity index (χ1) is 24.1. The van der Waals surface area contributed by atoms with Crippen molar-refractivity contribution in [1.82, 2.24) is 19.5 Å². The molecule has 0 bridgehead atoms. The lowest BCUT2D eigenvalue weighted by Gasteiger charge is -2.22. The van der Waals surface area contributed by atoms with Gasteiger partial charge in [-0.3, -0.25) is 23.2 Å². The lowest BCUT2D eigenvalue weighted by Crippen LogP contribution is -2.47. The summed E-state index contributed by atoms with van der Waals surface area (Å²) in [6.07, 6.45) is -4.74. The molecule has 10 N–H and O–H groups in total. The molecule has 3 aromatic heterocycles. The summed E-state index contributed by atoms with van der Waals surface area (Å²) in [6, 6.07) is 1.50. The van der Waals surface area contributed by atoms with E-state index in [2.05, 4.69) is 19.3 Å². The number of pyridine rings is 1. The van der Waals surface area contributed by atoms with E-state index in [4.69, 9.17) is 30.0 Å². The second-order valence-electron chi connectivity index (χ2n) is 12.2. The third-order valence-electron chi connectivity index (χ3n) is 8.85. The van der Waals surface area contributed by atoms with Crippen molar-refractivity contribution >= 4 is 44.3 Å². The van der Waals surface area contributed by atoms with Gasteiger partial charge in [-0.2, -0.15) is 8.88 Å². The van der Waals surface area contributed by atoms with E-state index in [0.717, 1.165) is 19.2 Å². The summed E-state index contributed by atoms with van der Waals surface area (Å²) in [5.41, 5.74) is 12.1. The Kier molecular flexibility index (Phi) is 10.7. The Morgan fingerprint density at radius 2 is 1.65 bits per heavy atom. The second kappa shape index (κ2) is 14.6. The molecule has 0 radical (unpaired) electrons. The van der Waals surface area contributed by atoms with Crippen LogP contribution in [-0.2, 0) is 36.8 Å². The summed E-state index contributed by atoms with van der Waals surface area (Å²) in [6.45, 7) is -1.85. The van der Waals surface area contributed by atoms with Gasteiger partial charge in [-0.05, 0) is 18.4 Å². The predicted molar refractivity (Wildman–Crippen MR) is 166 cm³/mol. The molecule has 51 heavy (non-hydrogen) atoms. The molecule has 5 heterocycles. The van der Waals surface area contributed by atoms with Crippen LogP contribution in [0, 0.1) is 0 Å². The number of hydrogen-bond acceptors (Lipinski definition) is 17. The van der Waals surface area contributed by atoms with E-state index in [1.807, 2.05) is 0 Å². The van der Waals surface area contributed by atoms with Crippen LogP contribution < -0.4 is 16.0 Å². The molecule has 6 rings (SSSR count). The number of aliphatic hydroxyl groups is 4. The number of phosphoric ester groups is 2. The summed E-state index contributed by atoms with van der Waals surface area (Å²) < 4.78 is 52.7. The molecular weight excluding hydrogens is 724 g/mol. The van der Waals surface area contributed by atoms with E-state index in [1.165, 1.54) is 33.9 Å². The summed E-state index contributed by atoms with van der Waals surface area (Å²) in [5.74, 6) is -1.35. The predicted octanol–water partition coefficient (Wildman–Crippen LogP) is -1.79. The summed E-state index contributed by atoms with van der Waals surface area (Å²) >= 11 is 0. The number of hydrogen-bond donors (Lipinski definition) is 8. The molecule has 3 fully saturated rings. The number of Topliss-reactive ketones (excluding diaryl/α,β-unsaturated/α-hetero) is 1. The quantitative estimate of drug-likeness (QED) is 0.0746. The molecule has 3 aliphatic rings. The smallest absolute Gasteiger partial charge is 0.387 e. The van der Waals surface area contributed by atoms with Crippen LogP contribution in [0.25, 0.3) is 11.2 Å². The molecule has 2 aliphatic heterocycles. The van der Waals surface area contributed by atoms with Crippen molar-refractivity contribution < 1.29 is 76.3 Å². The number of amides is 1. The maximum atomic E-state index is 12.6. The van der Waals surface area contributed by atoms with Crippen LogP contribution in [0.4, 0.5) is 5.82 Å². The highest BCUT2D eigenvalue weighted by atomic mass is 31.3. The maximum absolute atomic E-state index is 12.6. The maximum Gasteiger partial charge on any atom is 0.481 e. The minimum atomic E-state index is -5.43. The van der Waals surface area contributed by atoms with Gasteiger partial charge in [-0.15, -0.1) is 0 Å². The Morgan fingerprint density at radius 3 is 2.31 bits per heavy atom. The Bertz CT molecular complexity index is 1900. The molecule has 2 unspecified atom stereocenters. The Labute approximate surface area is 287 Å². The van der Waals surface area contributed by atoms with Gasteiger partial charge in [0, 0.05) is 18.4 Å². The SMILES string of the molecule is NC(=O)c1c[n+]([C@@H]2O[C@@H](COP(=O)(O)OP(=O)(O)OC[C@@H]3O[C@@H](n4cnc5c(N)ncnc54)[C@H](O)[C@H]3O)[C@H](O)[C@H]2O)ccc1[C@@H]1CCCCC1=O. The second-order valence-corrected chi connectivity index (χ2v) is 15.2. The zero-order chi connectivity index (χ0) is 36.8. The highest BCUT2D eigenvalue weighted by Gasteiger charge is 2.50. The van der Waals surface area contributed by atoms with Crippen molar-refractivity contribution in [2.24, 2.45) is 5.73 Å². The molecule has 1 amide bonds. The molecule has 11 atom stereocenters. The normalized spacial score (nSPS) is 32.2. The van der Waals surface area contributed by atoms with Crippen LogP contribution in [0.2, 0.25) is 0 Å². The Morgan fingerprint density at radius 1 is 0.980 bits per heavy atom. The minimum Gasteiger partial charge on any atom is -0.387 e. The van der Waals surface area contributed by atoms with Crippen molar-refractivity contribution in [2.45, 2.75) is 80.7 Å². The molecule has 22 nitrogen and oxygen atoms in total. The number of rotatable bonds is 12. The van der Waals surface area contributed by atoms with Crippen molar-refractivity contribution in [2.75, 3.05) is 18.9 Å². The number of imidazole rings is 1. The van der Waals surface area contributed by atoms with Gasteiger partial charge in [-0.1, -0.05) is 6.42 Å². The van der Waals surface area contributed by atoms with Crippen LogP contribution >= 0.6 is 15.6 Å². The molecular formula is C27H36N7O15P2+. The van der Waals surface area contributed by atoms with E-state index >= 15 is 0 Å². The standard InChI is InChI=1S/C27H35N7O15P2/c28-23-18-25(31-10-30-23)34(11-32-18)27-22(39)20(37)17(48-27)9-46-51(43,44)49-50(41,42)45-8-16-19(36)21(38)26(47-16)33-6-5-12(14(7-33)24(29)40)13-3-1-2-4-15(13)35/h5-7,10-11,13,16-17,19-22,26-27,36-39H,1-4,8-9H2,(H5-,28,29,30,31,40,41,42,43,44)/p+1/t13-,16-,17-,19-,20-,21+,22+,26+,27+/m0/s1.